The number of hydrogen-bond donors (Lipinski definition) is 1. The average Bonchev–Trinajstić information content (AvgIpc) is 2.04. The summed E-state index contributed by atoms with van der Waals surface area (Å²) in [5.74, 6) is 0.0453. The van der Waals surface area contributed by atoms with Gasteiger partial charge >= 0.3 is 0 Å². The number of carbonyl (C=O) groups excluding carboxylic acids is 1. The first-order valence-corrected chi connectivity index (χ1v) is 4.54. The van der Waals surface area contributed by atoms with Crippen LogP contribution in [-0.4, -0.2) is 25.2 Å². The summed E-state index contributed by atoms with van der Waals surface area (Å²) < 4.78 is 5.29. The van der Waals surface area contributed by atoms with E-state index >= 15 is 0 Å². The zero-order chi connectivity index (χ0) is 8.97. The van der Waals surface area contributed by atoms with Crippen LogP contribution >= 0.6 is 0 Å². The van der Waals surface area contributed by atoms with Gasteiger partial charge in [-0.25, -0.2) is 0 Å². The molecule has 0 aromatic rings. The average molecular weight is 171 g/mol. The van der Waals surface area contributed by atoms with Crippen LogP contribution in [-0.2, 0) is 9.53 Å². The predicted molar refractivity (Wildman–Crippen MR) is 46.9 cm³/mol. The lowest BCUT2D eigenvalue weighted by Crippen LogP contribution is -2.45. The van der Waals surface area contributed by atoms with Crippen LogP contribution in [0.15, 0.2) is 0 Å². The maximum Gasteiger partial charge on any atom is 0.217 e. The van der Waals surface area contributed by atoms with E-state index in [0.717, 1.165) is 12.8 Å². The molecule has 1 N–H and O–H groups in total. The minimum atomic E-state index is 0.0453. The Hall–Kier alpha value is -0.570. The maximum atomic E-state index is 10.8. The zero-order valence-electron chi connectivity index (χ0n) is 7.80. The van der Waals surface area contributed by atoms with Gasteiger partial charge in [0.1, 0.15) is 0 Å². The number of carbonyl (C=O) groups is 1. The van der Waals surface area contributed by atoms with Gasteiger partial charge in [0.15, 0.2) is 0 Å². The number of amides is 1. The topological polar surface area (TPSA) is 38.3 Å². The van der Waals surface area contributed by atoms with Crippen LogP contribution in [0.4, 0.5) is 0 Å². The molecule has 70 valence electrons. The summed E-state index contributed by atoms with van der Waals surface area (Å²) in [7, 11) is 1.71. The van der Waals surface area contributed by atoms with Crippen LogP contribution in [0.2, 0.25) is 0 Å². The third kappa shape index (κ3) is 2.48. The maximum absolute atomic E-state index is 10.8. The highest BCUT2D eigenvalue weighted by Gasteiger charge is 2.24. The van der Waals surface area contributed by atoms with Gasteiger partial charge in [-0.2, -0.15) is 0 Å². The second kappa shape index (κ2) is 4.45. The van der Waals surface area contributed by atoms with Gasteiger partial charge in [-0.1, -0.05) is 12.8 Å². The zero-order valence-corrected chi connectivity index (χ0v) is 7.80. The van der Waals surface area contributed by atoms with Crippen LogP contribution < -0.4 is 5.32 Å². The number of hydrogen-bond acceptors (Lipinski definition) is 2. The van der Waals surface area contributed by atoms with Crippen molar-refractivity contribution >= 4 is 5.91 Å². The van der Waals surface area contributed by atoms with Gasteiger partial charge in [-0.15, -0.1) is 0 Å². The summed E-state index contributed by atoms with van der Waals surface area (Å²) in [6.07, 6.45) is 4.77. The van der Waals surface area contributed by atoms with Gasteiger partial charge in [-0.05, 0) is 12.8 Å². The lowest BCUT2D eigenvalue weighted by molar-refractivity contribution is -0.121. The summed E-state index contributed by atoms with van der Waals surface area (Å²) in [6, 6.07) is 0.237. The molecule has 12 heavy (non-hydrogen) atoms. The molecule has 0 heterocycles. The van der Waals surface area contributed by atoms with Crippen molar-refractivity contribution in [3.05, 3.63) is 0 Å². The van der Waals surface area contributed by atoms with Gasteiger partial charge in [0.2, 0.25) is 5.91 Å². The Morgan fingerprint density at radius 3 is 2.67 bits per heavy atom. The van der Waals surface area contributed by atoms with E-state index in [2.05, 4.69) is 5.32 Å². The first kappa shape index (κ1) is 9.52. The van der Waals surface area contributed by atoms with Gasteiger partial charge in [0.05, 0.1) is 12.1 Å². The molecular weight excluding hydrogens is 154 g/mol. The molecule has 0 bridgehead atoms. The monoisotopic (exact) mass is 171 g/mol. The largest absolute Gasteiger partial charge is 0.379 e. The quantitative estimate of drug-likeness (QED) is 0.675. The SMILES string of the molecule is COC1CCCCC1NC(C)=O. The highest BCUT2D eigenvalue weighted by Crippen LogP contribution is 2.20. The second-order valence-electron chi connectivity index (χ2n) is 3.37. The molecular formula is C9H17NO2. The van der Waals surface area contributed by atoms with Crippen LogP contribution in [0.3, 0.4) is 0 Å². The molecule has 1 saturated carbocycles. The van der Waals surface area contributed by atoms with E-state index < -0.39 is 0 Å². The molecule has 0 saturated heterocycles. The van der Waals surface area contributed by atoms with Crippen molar-refractivity contribution in [2.24, 2.45) is 0 Å². The third-order valence-electron chi connectivity index (χ3n) is 2.39. The second-order valence-corrected chi connectivity index (χ2v) is 3.37. The molecule has 0 aliphatic heterocycles. The fraction of sp³-hybridized carbons (Fsp3) is 0.889. The Bertz CT molecular complexity index is 159. The fourth-order valence-corrected chi connectivity index (χ4v) is 1.81. The van der Waals surface area contributed by atoms with E-state index in [1.165, 1.54) is 12.8 Å². The van der Waals surface area contributed by atoms with Crippen LogP contribution in [0.5, 0.6) is 0 Å². The van der Waals surface area contributed by atoms with E-state index in [1.54, 1.807) is 14.0 Å². The smallest absolute Gasteiger partial charge is 0.217 e. The Balaban J connectivity index is 2.41. The minimum Gasteiger partial charge on any atom is -0.379 e. The van der Waals surface area contributed by atoms with Gasteiger partial charge in [0, 0.05) is 14.0 Å². The van der Waals surface area contributed by atoms with Crippen molar-refractivity contribution in [2.45, 2.75) is 44.8 Å². The Labute approximate surface area is 73.5 Å². The molecule has 1 aliphatic rings. The fourth-order valence-electron chi connectivity index (χ4n) is 1.81. The van der Waals surface area contributed by atoms with E-state index in [1.807, 2.05) is 0 Å². The number of rotatable bonds is 2. The van der Waals surface area contributed by atoms with Gasteiger partial charge in [0.25, 0.3) is 0 Å². The third-order valence-corrected chi connectivity index (χ3v) is 2.39. The minimum absolute atomic E-state index is 0.0453. The molecule has 1 rings (SSSR count). The molecule has 3 nitrogen and oxygen atoms in total. The first-order chi connectivity index (χ1) is 5.74. The van der Waals surface area contributed by atoms with Crippen LogP contribution in [0.25, 0.3) is 0 Å². The van der Waals surface area contributed by atoms with E-state index in [9.17, 15) is 4.79 Å². The summed E-state index contributed by atoms with van der Waals surface area (Å²) in [5, 5.41) is 2.92. The molecule has 2 atom stereocenters. The van der Waals surface area contributed by atoms with Crippen molar-refractivity contribution in [3.8, 4) is 0 Å². The lowest BCUT2D eigenvalue weighted by Gasteiger charge is -2.30. The molecule has 2 unspecified atom stereocenters. The highest BCUT2D eigenvalue weighted by molar-refractivity contribution is 5.73. The molecule has 1 amide bonds. The summed E-state index contributed by atoms with van der Waals surface area (Å²) >= 11 is 0. The van der Waals surface area contributed by atoms with Crippen LogP contribution in [0, 0.1) is 0 Å². The number of nitrogens with one attached hydrogen (secondary N) is 1. The normalized spacial score (nSPS) is 29.8. The molecule has 1 aliphatic carbocycles. The Morgan fingerprint density at radius 1 is 1.42 bits per heavy atom. The number of ether oxygens (including phenoxy) is 1. The lowest BCUT2D eigenvalue weighted by atomic mass is 9.92. The standard InChI is InChI=1S/C9H17NO2/c1-7(11)10-8-5-3-4-6-9(8)12-2/h8-9H,3-6H2,1-2H3,(H,10,11). The highest BCUT2D eigenvalue weighted by atomic mass is 16.5. The number of methoxy groups -OCH3 is 1. The Kier molecular flexibility index (Phi) is 3.53. The summed E-state index contributed by atoms with van der Waals surface area (Å²) in [6.45, 7) is 1.56. The van der Waals surface area contributed by atoms with Crippen molar-refractivity contribution < 1.29 is 9.53 Å². The van der Waals surface area contributed by atoms with Gasteiger partial charge < -0.3 is 10.1 Å². The Morgan fingerprint density at radius 2 is 2.08 bits per heavy atom. The first-order valence-electron chi connectivity index (χ1n) is 4.54. The van der Waals surface area contributed by atoms with Crippen molar-refractivity contribution in [3.63, 3.8) is 0 Å². The van der Waals surface area contributed by atoms with E-state index in [4.69, 9.17) is 4.74 Å². The van der Waals surface area contributed by atoms with Crippen LogP contribution in [0.1, 0.15) is 32.6 Å². The molecule has 3 heteroatoms. The van der Waals surface area contributed by atoms with Crippen molar-refractivity contribution in [1.82, 2.24) is 5.32 Å². The van der Waals surface area contributed by atoms with E-state index in [0.29, 0.717) is 0 Å². The molecule has 0 aromatic heterocycles. The van der Waals surface area contributed by atoms with Crippen molar-refractivity contribution in [2.75, 3.05) is 7.11 Å². The molecule has 0 radical (unpaired) electrons. The molecule has 0 aromatic carbocycles. The summed E-state index contributed by atoms with van der Waals surface area (Å²) in [5.41, 5.74) is 0. The molecule has 1 fully saturated rings. The van der Waals surface area contributed by atoms with E-state index in [-0.39, 0.29) is 18.1 Å². The van der Waals surface area contributed by atoms with Gasteiger partial charge in [-0.3, -0.25) is 4.79 Å². The summed E-state index contributed by atoms with van der Waals surface area (Å²) in [4.78, 5) is 10.8. The van der Waals surface area contributed by atoms with Crippen molar-refractivity contribution in [1.29, 1.82) is 0 Å². The molecule has 0 spiro atoms. The predicted octanol–water partition coefficient (Wildman–Crippen LogP) is 1.08.